The zero-order valence-electron chi connectivity index (χ0n) is 25.8. The number of oxime groups is 1. The number of fused-ring (bicyclic) bond motifs is 1. The first-order valence-electron chi connectivity index (χ1n) is 14.8. The van der Waals surface area contributed by atoms with Crippen molar-refractivity contribution in [3.8, 4) is 5.75 Å². The number of nitrogen functional groups attached to an aromatic ring is 1. The van der Waals surface area contributed by atoms with Crippen molar-refractivity contribution in [2.45, 2.75) is 30.9 Å². The normalized spacial score (nSPS) is 19.8. The molecule has 50 heavy (non-hydrogen) atoms. The predicted octanol–water partition coefficient (Wildman–Crippen LogP) is 0.772. The number of amides is 4. The molecule has 258 valence electrons. The number of anilines is 2. The number of thioether (sulfide) groups is 1. The van der Waals surface area contributed by atoms with Crippen LogP contribution in [-0.4, -0.2) is 89.2 Å². The Morgan fingerprint density at radius 1 is 1.24 bits per heavy atom. The number of rotatable bonds is 10. The van der Waals surface area contributed by atoms with Crippen LogP contribution >= 0.6 is 23.1 Å². The van der Waals surface area contributed by atoms with Gasteiger partial charge in [0, 0.05) is 46.6 Å². The number of carbonyl (C=O) groups is 5. The predicted molar refractivity (Wildman–Crippen MR) is 176 cm³/mol. The van der Waals surface area contributed by atoms with E-state index in [2.05, 4.69) is 20.8 Å². The molecule has 19 heteroatoms. The molecular weight excluding hydrogens is 696 g/mol. The van der Waals surface area contributed by atoms with Gasteiger partial charge in [0.2, 0.25) is 12.5 Å². The molecule has 2 aromatic heterocycles. The first kappa shape index (κ1) is 34.1. The fraction of sp³-hybridized carbons (Fsp3) is 0.226. The third-order valence-corrected chi connectivity index (χ3v) is 9.95. The van der Waals surface area contributed by atoms with E-state index in [4.69, 9.17) is 5.73 Å². The highest BCUT2D eigenvalue weighted by molar-refractivity contribution is 8.00. The first-order chi connectivity index (χ1) is 23.9. The van der Waals surface area contributed by atoms with Gasteiger partial charge in [-0.05, 0) is 36.3 Å². The van der Waals surface area contributed by atoms with Crippen LogP contribution in [0.25, 0.3) is 0 Å². The summed E-state index contributed by atoms with van der Waals surface area (Å²) >= 11 is 2.24. The molecule has 0 bridgehead atoms. The summed E-state index contributed by atoms with van der Waals surface area (Å²) in [6.07, 6.45) is 5.19. The Kier molecular flexibility index (Phi) is 9.51. The standard InChI is InChI=1S/C31H27FN8O8S2/c32-19-9-18(3-4-21(19)41)34-22(42)12-38-6-1-2-15(10-38)11-39-7-5-16(27(39)44)8-17-13-49-29-24(28(45)40(29)25(17)30(46)47)36-26(43)23(37-48)20-14-50-31(33)35-20/h1-4,6,8-10,14,24,29H,5,7,11-13H2,(H6-,33,34,35,36,37,41,42,43,46,47,48)/p+1/t24-,29-/m1/s1. The molecule has 2 fully saturated rings. The maximum absolute atomic E-state index is 13.6. The minimum absolute atomic E-state index is 0.0161. The van der Waals surface area contributed by atoms with Crippen LogP contribution in [0.1, 0.15) is 17.7 Å². The van der Waals surface area contributed by atoms with Gasteiger partial charge >= 0.3 is 5.97 Å². The third-order valence-electron chi connectivity index (χ3n) is 7.98. The second-order valence-electron chi connectivity index (χ2n) is 11.3. The number of hydrogen-bond donors (Lipinski definition) is 6. The highest BCUT2D eigenvalue weighted by Crippen LogP contribution is 2.41. The number of nitrogens with one attached hydrogen (secondary N) is 2. The molecule has 16 nitrogen and oxygen atoms in total. The van der Waals surface area contributed by atoms with Gasteiger partial charge in [0.15, 0.2) is 34.8 Å². The summed E-state index contributed by atoms with van der Waals surface area (Å²) in [5, 5.41) is 37.6. The topological polar surface area (TPSA) is 232 Å². The Morgan fingerprint density at radius 3 is 2.74 bits per heavy atom. The molecule has 4 amide bonds. The van der Waals surface area contributed by atoms with Gasteiger partial charge in [-0.25, -0.2) is 14.2 Å². The number of carbonyl (C=O) groups excluding carboxylic acids is 4. The summed E-state index contributed by atoms with van der Waals surface area (Å²) in [7, 11) is 0. The Bertz CT molecular complexity index is 2030. The lowest BCUT2D eigenvalue weighted by atomic mass is 10.0. The van der Waals surface area contributed by atoms with Crippen molar-refractivity contribution in [2.24, 2.45) is 5.16 Å². The molecule has 2 atom stereocenters. The fourth-order valence-electron chi connectivity index (χ4n) is 5.67. The Labute approximate surface area is 290 Å². The number of hydrogen-bond acceptors (Lipinski definition) is 12. The number of carboxylic acid groups (broad SMARTS) is 1. The second-order valence-corrected chi connectivity index (χ2v) is 13.3. The number of aliphatic carboxylic acids is 1. The van der Waals surface area contributed by atoms with E-state index in [9.17, 15) is 43.8 Å². The smallest absolute Gasteiger partial charge is 0.352 e. The lowest BCUT2D eigenvalue weighted by Gasteiger charge is -2.49. The van der Waals surface area contributed by atoms with Crippen LogP contribution in [0.3, 0.4) is 0 Å². The zero-order valence-corrected chi connectivity index (χ0v) is 27.4. The van der Waals surface area contributed by atoms with Gasteiger partial charge < -0.3 is 36.7 Å². The van der Waals surface area contributed by atoms with Crippen LogP contribution in [0.2, 0.25) is 0 Å². The minimum Gasteiger partial charge on any atom is -0.505 e. The van der Waals surface area contributed by atoms with Gasteiger partial charge in [-0.2, -0.15) is 4.57 Å². The van der Waals surface area contributed by atoms with E-state index in [1.54, 1.807) is 34.0 Å². The van der Waals surface area contributed by atoms with Gasteiger partial charge in [-0.15, -0.1) is 23.1 Å². The molecule has 0 aliphatic carbocycles. The molecule has 2 saturated heterocycles. The van der Waals surface area contributed by atoms with Crippen molar-refractivity contribution in [2.75, 3.05) is 23.3 Å². The van der Waals surface area contributed by atoms with Crippen LogP contribution in [0, 0.1) is 5.82 Å². The number of phenols is 1. The fourth-order valence-corrected chi connectivity index (χ4v) is 7.53. The zero-order chi connectivity index (χ0) is 35.7. The molecular formula is C31H28FN8O8S2+. The third kappa shape index (κ3) is 6.85. The molecule has 6 rings (SSSR count). The molecule has 5 heterocycles. The molecule has 1 aromatic carbocycles. The summed E-state index contributed by atoms with van der Waals surface area (Å²) in [4.78, 5) is 70.7. The van der Waals surface area contributed by atoms with Gasteiger partial charge in [-0.1, -0.05) is 5.16 Å². The highest BCUT2D eigenvalue weighted by Gasteiger charge is 2.54. The van der Waals surface area contributed by atoms with Crippen molar-refractivity contribution < 1.29 is 48.4 Å². The number of pyridine rings is 1. The Balaban J connectivity index is 1.10. The van der Waals surface area contributed by atoms with Crippen molar-refractivity contribution in [1.29, 1.82) is 0 Å². The average molecular weight is 724 g/mol. The highest BCUT2D eigenvalue weighted by atomic mass is 32.2. The monoisotopic (exact) mass is 723 g/mol. The van der Waals surface area contributed by atoms with E-state index in [0.29, 0.717) is 18.5 Å². The second kappa shape index (κ2) is 14.0. The number of allylic oxidation sites excluding steroid dienone is 1. The largest absolute Gasteiger partial charge is 0.505 e. The molecule has 0 spiro atoms. The number of nitrogens with two attached hydrogens (primary N) is 1. The van der Waals surface area contributed by atoms with E-state index in [1.165, 1.54) is 29.3 Å². The van der Waals surface area contributed by atoms with E-state index in [-0.39, 0.29) is 52.5 Å². The SMILES string of the molecule is Nc1nc(/C(=N/O)C(=O)N[C@@H]2C(=O)N3C(C(=O)O)=C(C=C4CCN(Cc5ccc[n+](CC(=O)Nc6ccc(O)c(F)c6)c5)C4=O)CS[C@H]23)cs1. The lowest BCUT2D eigenvalue weighted by Crippen LogP contribution is -2.71. The number of benzene rings is 1. The van der Waals surface area contributed by atoms with Crippen LogP contribution in [0.4, 0.5) is 15.2 Å². The van der Waals surface area contributed by atoms with Crippen LogP contribution < -0.4 is 20.9 Å². The summed E-state index contributed by atoms with van der Waals surface area (Å²) in [6, 6.07) is 5.91. The number of nitrogens with zero attached hydrogens (tertiary/aromatic N) is 5. The molecule has 7 N–H and O–H groups in total. The maximum atomic E-state index is 13.6. The molecule has 3 aliphatic heterocycles. The summed E-state index contributed by atoms with van der Waals surface area (Å²) in [5.74, 6) is -4.94. The number of likely N-dealkylation sites (tertiary alicyclic amines) is 1. The summed E-state index contributed by atoms with van der Waals surface area (Å²) < 4.78 is 15.2. The van der Waals surface area contributed by atoms with Crippen LogP contribution in [0.15, 0.2) is 76.2 Å². The van der Waals surface area contributed by atoms with Gasteiger partial charge in [0.25, 0.3) is 17.7 Å². The van der Waals surface area contributed by atoms with E-state index in [1.807, 2.05) is 0 Å². The lowest BCUT2D eigenvalue weighted by molar-refractivity contribution is -0.684. The molecule has 0 saturated carbocycles. The molecule has 0 unspecified atom stereocenters. The number of aromatic hydroxyl groups is 1. The number of halogens is 1. The van der Waals surface area contributed by atoms with E-state index in [0.717, 1.165) is 33.9 Å². The minimum atomic E-state index is -1.37. The Hall–Kier alpha value is -5.82. The number of carboxylic acids is 1. The van der Waals surface area contributed by atoms with Gasteiger partial charge in [0.1, 0.15) is 22.8 Å². The number of β-lactam (4-membered cyclic amide) rings is 1. The first-order valence-corrected chi connectivity index (χ1v) is 16.8. The Morgan fingerprint density at radius 2 is 2.04 bits per heavy atom. The number of phenolic OH excluding ortho intramolecular Hbond substituents is 1. The van der Waals surface area contributed by atoms with Gasteiger partial charge in [-0.3, -0.25) is 24.1 Å². The summed E-state index contributed by atoms with van der Waals surface area (Å²) in [5.41, 5.74) is 6.41. The van der Waals surface area contributed by atoms with Crippen molar-refractivity contribution in [3.63, 3.8) is 0 Å². The van der Waals surface area contributed by atoms with Gasteiger partial charge in [0.05, 0.1) is 6.54 Å². The number of thiazole rings is 1. The quantitative estimate of drug-likeness (QED) is 0.0325. The van der Waals surface area contributed by atoms with Crippen molar-refractivity contribution >= 4 is 69.2 Å². The average Bonchev–Trinajstić information content (AvgIpc) is 3.66. The molecule has 3 aliphatic rings. The van der Waals surface area contributed by atoms with Crippen LogP contribution in [0.5, 0.6) is 5.75 Å². The number of aromatic nitrogens is 2. The molecule has 0 radical (unpaired) electrons. The van der Waals surface area contributed by atoms with Crippen molar-refractivity contribution in [3.05, 3.63) is 88.1 Å². The van der Waals surface area contributed by atoms with Crippen molar-refractivity contribution in [1.82, 2.24) is 20.1 Å². The molecule has 3 aromatic rings. The van der Waals surface area contributed by atoms with E-state index < -0.39 is 52.4 Å². The van der Waals surface area contributed by atoms with E-state index >= 15 is 0 Å². The maximum Gasteiger partial charge on any atom is 0.352 e. The summed E-state index contributed by atoms with van der Waals surface area (Å²) in [6.45, 7) is 0.465. The van der Waals surface area contributed by atoms with Crippen LogP contribution in [-0.2, 0) is 37.1 Å².